The molecule has 0 fully saturated rings. The first kappa shape index (κ1) is 14.3. The highest BCUT2D eigenvalue weighted by Gasteiger charge is 2.15. The van der Waals surface area contributed by atoms with E-state index in [1.54, 1.807) is 32.7 Å². The summed E-state index contributed by atoms with van der Waals surface area (Å²) in [6.07, 6.45) is 3.44. The van der Waals surface area contributed by atoms with Gasteiger partial charge in [0.15, 0.2) is 10.6 Å². The Morgan fingerprint density at radius 2 is 2.05 bits per heavy atom. The molecule has 1 N–H and O–H groups in total. The SMILES string of the molecule is COc1ccc(-n2c(-c3cccnc3)n[nH]c2=S)c(OC)c1. The molecule has 0 radical (unpaired) electrons. The molecule has 0 unspecified atom stereocenters. The first-order chi connectivity index (χ1) is 10.7. The average Bonchev–Trinajstić information content (AvgIpc) is 2.96. The number of nitrogens with one attached hydrogen (secondary N) is 1. The molecule has 0 spiro atoms. The van der Waals surface area contributed by atoms with E-state index in [2.05, 4.69) is 15.2 Å². The van der Waals surface area contributed by atoms with E-state index >= 15 is 0 Å². The molecular formula is C15H14N4O2S. The minimum absolute atomic E-state index is 0.474. The van der Waals surface area contributed by atoms with E-state index in [1.165, 1.54) is 0 Å². The lowest BCUT2D eigenvalue weighted by Gasteiger charge is -2.12. The van der Waals surface area contributed by atoms with Crippen LogP contribution < -0.4 is 9.47 Å². The van der Waals surface area contributed by atoms with Crippen LogP contribution in [-0.2, 0) is 0 Å². The summed E-state index contributed by atoms with van der Waals surface area (Å²) in [5.74, 6) is 2.02. The number of aromatic amines is 1. The van der Waals surface area contributed by atoms with Crippen molar-refractivity contribution in [1.29, 1.82) is 0 Å². The van der Waals surface area contributed by atoms with Gasteiger partial charge in [0.2, 0.25) is 0 Å². The van der Waals surface area contributed by atoms with Gasteiger partial charge in [-0.25, -0.2) is 0 Å². The summed E-state index contributed by atoms with van der Waals surface area (Å²) in [5, 5.41) is 7.11. The third kappa shape index (κ3) is 2.46. The first-order valence-corrected chi connectivity index (χ1v) is 6.95. The van der Waals surface area contributed by atoms with Gasteiger partial charge in [-0.3, -0.25) is 14.6 Å². The van der Waals surface area contributed by atoms with Gasteiger partial charge in [0.25, 0.3) is 0 Å². The van der Waals surface area contributed by atoms with Crippen LogP contribution in [0.3, 0.4) is 0 Å². The first-order valence-electron chi connectivity index (χ1n) is 6.55. The zero-order valence-corrected chi connectivity index (χ0v) is 12.9. The van der Waals surface area contributed by atoms with E-state index < -0.39 is 0 Å². The van der Waals surface area contributed by atoms with Crippen molar-refractivity contribution in [3.05, 3.63) is 47.5 Å². The summed E-state index contributed by atoms with van der Waals surface area (Å²) >= 11 is 5.36. The summed E-state index contributed by atoms with van der Waals surface area (Å²) < 4.78 is 13.0. The molecule has 0 aliphatic carbocycles. The van der Waals surface area contributed by atoms with Crippen LogP contribution in [0.5, 0.6) is 11.5 Å². The number of rotatable bonds is 4. The van der Waals surface area contributed by atoms with Crippen molar-refractivity contribution in [2.45, 2.75) is 0 Å². The third-order valence-corrected chi connectivity index (χ3v) is 3.49. The third-order valence-electron chi connectivity index (χ3n) is 3.22. The van der Waals surface area contributed by atoms with Crippen molar-refractivity contribution in [1.82, 2.24) is 19.7 Å². The van der Waals surface area contributed by atoms with Crippen molar-refractivity contribution >= 4 is 12.2 Å². The number of hydrogen-bond donors (Lipinski definition) is 1. The maximum absolute atomic E-state index is 5.45. The van der Waals surface area contributed by atoms with Gasteiger partial charge in [-0.1, -0.05) is 0 Å². The van der Waals surface area contributed by atoms with Crippen LogP contribution in [0.4, 0.5) is 0 Å². The second-order valence-electron chi connectivity index (χ2n) is 4.47. The number of aromatic nitrogens is 4. The number of nitrogens with zero attached hydrogens (tertiary/aromatic N) is 3. The summed E-state index contributed by atoms with van der Waals surface area (Å²) in [4.78, 5) is 4.12. The van der Waals surface area contributed by atoms with E-state index in [0.717, 1.165) is 11.3 Å². The Morgan fingerprint density at radius 3 is 2.73 bits per heavy atom. The molecule has 112 valence electrons. The van der Waals surface area contributed by atoms with Crippen LogP contribution >= 0.6 is 12.2 Å². The van der Waals surface area contributed by atoms with E-state index in [9.17, 15) is 0 Å². The molecule has 0 atom stereocenters. The summed E-state index contributed by atoms with van der Waals surface area (Å²) in [6, 6.07) is 9.30. The van der Waals surface area contributed by atoms with Crippen LogP contribution in [0.25, 0.3) is 17.1 Å². The number of methoxy groups -OCH3 is 2. The molecule has 6 nitrogen and oxygen atoms in total. The van der Waals surface area contributed by atoms with Crippen molar-refractivity contribution in [3.63, 3.8) is 0 Å². The van der Waals surface area contributed by atoms with Crippen LogP contribution in [0, 0.1) is 4.77 Å². The number of pyridine rings is 1. The Morgan fingerprint density at radius 1 is 1.18 bits per heavy atom. The van der Waals surface area contributed by atoms with Gasteiger partial charge >= 0.3 is 0 Å². The maximum Gasteiger partial charge on any atom is 0.200 e. The number of hydrogen-bond acceptors (Lipinski definition) is 5. The van der Waals surface area contributed by atoms with E-state index in [4.69, 9.17) is 21.7 Å². The molecule has 22 heavy (non-hydrogen) atoms. The van der Waals surface area contributed by atoms with E-state index in [-0.39, 0.29) is 0 Å². The monoisotopic (exact) mass is 314 g/mol. The predicted molar refractivity (Wildman–Crippen MR) is 85.1 cm³/mol. The van der Waals surface area contributed by atoms with Gasteiger partial charge in [-0.15, -0.1) is 0 Å². The fourth-order valence-corrected chi connectivity index (χ4v) is 2.41. The average molecular weight is 314 g/mol. The van der Waals surface area contributed by atoms with Crippen molar-refractivity contribution in [2.75, 3.05) is 14.2 Å². The van der Waals surface area contributed by atoms with Crippen molar-refractivity contribution < 1.29 is 9.47 Å². The normalized spacial score (nSPS) is 10.5. The second-order valence-corrected chi connectivity index (χ2v) is 4.85. The Balaban J connectivity index is 2.22. The summed E-state index contributed by atoms with van der Waals surface area (Å²) in [6.45, 7) is 0. The van der Waals surface area contributed by atoms with Crippen LogP contribution in [0.1, 0.15) is 0 Å². The van der Waals surface area contributed by atoms with Gasteiger partial charge in [0, 0.05) is 24.0 Å². The standard InChI is InChI=1S/C15H14N4O2S/c1-20-11-5-6-12(13(8-11)21-2)19-14(17-18-15(19)22)10-4-3-7-16-9-10/h3-9H,1-2H3,(H,18,22). The smallest absolute Gasteiger partial charge is 0.200 e. The zero-order valence-electron chi connectivity index (χ0n) is 12.1. The number of H-pyrrole nitrogens is 1. The lowest BCUT2D eigenvalue weighted by atomic mass is 10.2. The molecule has 0 aliphatic heterocycles. The lowest BCUT2D eigenvalue weighted by molar-refractivity contribution is 0.393. The zero-order chi connectivity index (χ0) is 15.5. The largest absolute Gasteiger partial charge is 0.497 e. The fourth-order valence-electron chi connectivity index (χ4n) is 2.18. The molecule has 7 heteroatoms. The minimum atomic E-state index is 0.474. The lowest BCUT2D eigenvalue weighted by Crippen LogP contribution is -2.01. The van der Waals surface area contributed by atoms with Gasteiger partial charge in [0.1, 0.15) is 11.5 Å². The molecular weight excluding hydrogens is 300 g/mol. The van der Waals surface area contributed by atoms with E-state index in [0.29, 0.717) is 22.1 Å². The highest BCUT2D eigenvalue weighted by Crippen LogP contribution is 2.30. The predicted octanol–water partition coefficient (Wildman–Crippen LogP) is 3.01. The van der Waals surface area contributed by atoms with Gasteiger partial charge in [-0.05, 0) is 36.5 Å². The minimum Gasteiger partial charge on any atom is -0.497 e. The number of ether oxygens (including phenoxy) is 2. The quantitative estimate of drug-likeness (QED) is 0.750. The Bertz CT molecular complexity index is 842. The molecule has 3 rings (SSSR count). The van der Waals surface area contributed by atoms with Gasteiger partial charge in [-0.2, -0.15) is 5.10 Å². The van der Waals surface area contributed by atoms with Crippen LogP contribution in [-0.4, -0.2) is 34.0 Å². The van der Waals surface area contributed by atoms with Crippen molar-refractivity contribution in [3.8, 4) is 28.6 Å². The van der Waals surface area contributed by atoms with Crippen LogP contribution in [0.2, 0.25) is 0 Å². The van der Waals surface area contributed by atoms with Crippen molar-refractivity contribution in [2.24, 2.45) is 0 Å². The summed E-state index contributed by atoms with van der Waals surface area (Å²) in [7, 11) is 3.21. The summed E-state index contributed by atoms with van der Waals surface area (Å²) in [5.41, 5.74) is 1.63. The second kappa shape index (κ2) is 5.98. The molecule has 1 aromatic carbocycles. The topological polar surface area (TPSA) is 65.0 Å². The molecule has 2 aromatic heterocycles. The molecule has 0 amide bonds. The molecule has 0 saturated carbocycles. The fraction of sp³-hybridized carbons (Fsp3) is 0.133. The maximum atomic E-state index is 5.45. The Hall–Kier alpha value is -2.67. The Kier molecular flexibility index (Phi) is 3.88. The highest BCUT2D eigenvalue weighted by molar-refractivity contribution is 7.71. The number of benzene rings is 1. The van der Waals surface area contributed by atoms with Gasteiger partial charge < -0.3 is 9.47 Å². The van der Waals surface area contributed by atoms with Gasteiger partial charge in [0.05, 0.1) is 19.9 Å². The van der Waals surface area contributed by atoms with E-state index in [1.807, 2.05) is 28.8 Å². The van der Waals surface area contributed by atoms with Crippen LogP contribution in [0.15, 0.2) is 42.7 Å². The molecule has 0 saturated heterocycles. The molecule has 0 aliphatic rings. The Labute approximate surface area is 132 Å². The molecule has 0 bridgehead atoms. The molecule has 2 heterocycles. The molecule has 3 aromatic rings. The highest BCUT2D eigenvalue weighted by atomic mass is 32.1.